The maximum atomic E-state index is 13.0. The van der Waals surface area contributed by atoms with Crippen molar-refractivity contribution in [2.45, 2.75) is 0 Å². The Bertz CT molecular complexity index is 927. The predicted octanol–water partition coefficient (Wildman–Crippen LogP) is 4.14. The zero-order valence-electron chi connectivity index (χ0n) is 15.3. The second-order valence-electron chi connectivity index (χ2n) is 5.81. The van der Waals surface area contributed by atoms with Gasteiger partial charge in [-0.1, -0.05) is 30.3 Å². The molecule has 0 aliphatic carbocycles. The summed E-state index contributed by atoms with van der Waals surface area (Å²) in [6, 6.07) is 17.3. The summed E-state index contributed by atoms with van der Waals surface area (Å²) in [5.41, 5.74) is 1.26. The lowest BCUT2D eigenvalue weighted by Crippen LogP contribution is -2.26. The van der Waals surface area contributed by atoms with E-state index in [1.54, 1.807) is 24.1 Å². The third kappa shape index (κ3) is 3.16. The number of amides is 1. The summed E-state index contributed by atoms with van der Waals surface area (Å²) >= 11 is 0. The third-order valence-electron chi connectivity index (χ3n) is 4.34. The van der Waals surface area contributed by atoms with Crippen LogP contribution in [-0.4, -0.2) is 34.3 Å². The van der Waals surface area contributed by atoms with Crippen molar-refractivity contribution in [2.24, 2.45) is 0 Å². The number of carbonyl (C=O) groups is 1. The number of carbonyl (C=O) groups excluding carboxylic acids is 1. The topological polar surface area (TPSA) is 48.0 Å². The molecule has 26 heavy (non-hydrogen) atoms. The summed E-state index contributed by atoms with van der Waals surface area (Å²) in [6.07, 6.45) is 0. The van der Waals surface area contributed by atoms with Gasteiger partial charge in [0.2, 0.25) is 5.75 Å². The fourth-order valence-electron chi connectivity index (χ4n) is 2.90. The molecule has 0 unspecified atom stereocenters. The lowest BCUT2D eigenvalue weighted by Gasteiger charge is -2.20. The second-order valence-corrected chi connectivity index (χ2v) is 5.81. The first-order valence-corrected chi connectivity index (χ1v) is 8.16. The Hall–Kier alpha value is -3.21. The van der Waals surface area contributed by atoms with Crippen LogP contribution < -0.4 is 19.1 Å². The van der Waals surface area contributed by atoms with Crippen molar-refractivity contribution in [1.82, 2.24) is 0 Å². The number of ether oxygens (including phenoxy) is 3. The largest absolute Gasteiger partial charge is 0.493 e. The van der Waals surface area contributed by atoms with Gasteiger partial charge in [-0.25, -0.2) is 0 Å². The van der Waals surface area contributed by atoms with E-state index in [0.717, 1.165) is 16.5 Å². The minimum atomic E-state index is -0.167. The van der Waals surface area contributed by atoms with E-state index in [1.165, 1.54) is 21.3 Å². The maximum Gasteiger partial charge on any atom is 0.258 e. The average molecular weight is 351 g/mol. The Balaban J connectivity index is 1.99. The smallest absolute Gasteiger partial charge is 0.258 e. The van der Waals surface area contributed by atoms with Crippen molar-refractivity contribution in [3.63, 3.8) is 0 Å². The van der Waals surface area contributed by atoms with E-state index in [0.29, 0.717) is 22.8 Å². The molecule has 0 radical (unpaired) electrons. The Morgan fingerprint density at radius 2 is 1.42 bits per heavy atom. The number of methoxy groups -OCH3 is 3. The Morgan fingerprint density at radius 3 is 2.00 bits per heavy atom. The van der Waals surface area contributed by atoms with Crippen molar-refractivity contribution in [1.29, 1.82) is 0 Å². The Labute approximate surface area is 152 Å². The molecule has 0 saturated carbocycles. The predicted molar refractivity (Wildman–Crippen MR) is 103 cm³/mol. The van der Waals surface area contributed by atoms with Gasteiger partial charge in [0.25, 0.3) is 5.91 Å². The molecule has 5 nitrogen and oxygen atoms in total. The van der Waals surface area contributed by atoms with E-state index >= 15 is 0 Å². The number of rotatable bonds is 5. The van der Waals surface area contributed by atoms with Gasteiger partial charge >= 0.3 is 0 Å². The first kappa shape index (κ1) is 17.6. The molecule has 0 aliphatic rings. The molecule has 3 rings (SSSR count). The number of fused-ring (bicyclic) bond motifs is 1. The van der Waals surface area contributed by atoms with E-state index in [-0.39, 0.29) is 5.91 Å². The second kappa shape index (κ2) is 7.35. The van der Waals surface area contributed by atoms with Gasteiger partial charge in [0.1, 0.15) is 0 Å². The van der Waals surface area contributed by atoms with Crippen LogP contribution in [0, 0.1) is 0 Å². The van der Waals surface area contributed by atoms with Gasteiger partial charge in [-0.2, -0.15) is 0 Å². The average Bonchev–Trinajstić information content (AvgIpc) is 2.70. The molecule has 134 valence electrons. The van der Waals surface area contributed by atoms with Crippen LogP contribution in [0.4, 0.5) is 5.69 Å². The molecule has 1 amide bonds. The first-order valence-electron chi connectivity index (χ1n) is 8.16. The van der Waals surface area contributed by atoms with Crippen molar-refractivity contribution < 1.29 is 19.0 Å². The summed E-state index contributed by atoms with van der Waals surface area (Å²) in [4.78, 5) is 14.6. The van der Waals surface area contributed by atoms with E-state index in [9.17, 15) is 4.79 Å². The van der Waals surface area contributed by atoms with Gasteiger partial charge in [0.15, 0.2) is 11.5 Å². The van der Waals surface area contributed by atoms with Gasteiger partial charge in [-0.3, -0.25) is 4.79 Å². The molecule has 3 aromatic carbocycles. The SMILES string of the molecule is COc1cc(C(=O)N(C)c2ccc3ccccc3c2)cc(OC)c1OC. The molecule has 0 aliphatic heterocycles. The van der Waals surface area contributed by atoms with Gasteiger partial charge < -0.3 is 19.1 Å². The molecule has 5 heteroatoms. The van der Waals surface area contributed by atoms with Crippen molar-refractivity contribution >= 4 is 22.4 Å². The zero-order valence-corrected chi connectivity index (χ0v) is 15.3. The molecule has 0 spiro atoms. The number of anilines is 1. The highest BCUT2D eigenvalue weighted by atomic mass is 16.5. The van der Waals surface area contributed by atoms with Crippen LogP contribution in [0.15, 0.2) is 54.6 Å². The fourth-order valence-corrected chi connectivity index (χ4v) is 2.90. The van der Waals surface area contributed by atoms with Gasteiger partial charge in [0, 0.05) is 18.3 Å². The van der Waals surface area contributed by atoms with Gasteiger partial charge in [-0.15, -0.1) is 0 Å². The van der Waals surface area contributed by atoms with Crippen molar-refractivity contribution in [3.8, 4) is 17.2 Å². The van der Waals surface area contributed by atoms with Crippen LogP contribution >= 0.6 is 0 Å². The molecule has 0 fully saturated rings. The molecular weight excluding hydrogens is 330 g/mol. The van der Waals surface area contributed by atoms with E-state index in [2.05, 4.69) is 0 Å². The molecule has 0 saturated heterocycles. The lowest BCUT2D eigenvalue weighted by atomic mass is 10.1. The number of nitrogens with zero attached hydrogens (tertiary/aromatic N) is 1. The summed E-state index contributed by atoms with van der Waals surface area (Å²) in [5.74, 6) is 1.18. The molecule has 0 heterocycles. The summed E-state index contributed by atoms with van der Waals surface area (Å²) in [6.45, 7) is 0. The summed E-state index contributed by atoms with van der Waals surface area (Å²) < 4.78 is 16.0. The summed E-state index contributed by atoms with van der Waals surface area (Å²) in [7, 11) is 6.33. The van der Waals surface area contributed by atoms with Crippen LogP contribution in [0.1, 0.15) is 10.4 Å². The standard InChI is InChI=1S/C21H21NO4/c1-22(17-10-9-14-7-5-6-8-15(14)11-17)21(23)16-12-18(24-2)20(26-4)19(13-16)25-3/h5-13H,1-4H3. The number of hydrogen-bond acceptors (Lipinski definition) is 4. The molecular formula is C21H21NO4. The molecule has 3 aromatic rings. The highest BCUT2D eigenvalue weighted by Gasteiger charge is 2.20. The molecule has 0 aromatic heterocycles. The van der Waals surface area contributed by atoms with Crippen LogP contribution in [0.2, 0.25) is 0 Å². The van der Waals surface area contributed by atoms with Gasteiger partial charge in [0.05, 0.1) is 21.3 Å². The quantitative estimate of drug-likeness (QED) is 0.693. The van der Waals surface area contributed by atoms with E-state index < -0.39 is 0 Å². The third-order valence-corrected chi connectivity index (χ3v) is 4.34. The maximum absolute atomic E-state index is 13.0. The van der Waals surface area contributed by atoms with Crippen molar-refractivity contribution in [3.05, 3.63) is 60.2 Å². The number of hydrogen-bond donors (Lipinski definition) is 0. The Morgan fingerprint density at radius 1 is 0.808 bits per heavy atom. The Kier molecular flexibility index (Phi) is 4.98. The van der Waals surface area contributed by atoms with Gasteiger partial charge in [-0.05, 0) is 35.0 Å². The molecule has 0 atom stereocenters. The first-order chi connectivity index (χ1) is 12.6. The lowest BCUT2D eigenvalue weighted by molar-refractivity contribution is 0.0992. The van der Waals surface area contributed by atoms with Crippen LogP contribution in [-0.2, 0) is 0 Å². The van der Waals surface area contributed by atoms with E-state index in [1.807, 2.05) is 42.5 Å². The van der Waals surface area contributed by atoms with Crippen LogP contribution in [0.25, 0.3) is 10.8 Å². The minimum Gasteiger partial charge on any atom is -0.493 e. The fraction of sp³-hybridized carbons (Fsp3) is 0.190. The normalized spacial score (nSPS) is 10.5. The van der Waals surface area contributed by atoms with Crippen molar-refractivity contribution in [2.75, 3.05) is 33.3 Å². The highest BCUT2D eigenvalue weighted by Crippen LogP contribution is 2.38. The summed E-state index contributed by atoms with van der Waals surface area (Å²) in [5, 5.41) is 2.21. The minimum absolute atomic E-state index is 0.167. The number of benzene rings is 3. The molecule has 0 N–H and O–H groups in total. The van der Waals surface area contributed by atoms with E-state index in [4.69, 9.17) is 14.2 Å². The van der Waals surface area contributed by atoms with Crippen LogP contribution in [0.5, 0.6) is 17.2 Å². The van der Waals surface area contributed by atoms with Crippen LogP contribution in [0.3, 0.4) is 0 Å². The highest BCUT2D eigenvalue weighted by molar-refractivity contribution is 6.07. The molecule has 0 bridgehead atoms. The monoisotopic (exact) mass is 351 g/mol. The zero-order chi connectivity index (χ0) is 18.7.